The average Bonchev–Trinajstić information content (AvgIpc) is 3.39. The molecule has 1 unspecified atom stereocenters. The second-order valence-corrected chi connectivity index (χ2v) is 10.1. The Labute approximate surface area is 221 Å². The first-order chi connectivity index (χ1) is 17.8. The van der Waals surface area contributed by atoms with Gasteiger partial charge in [-0.1, -0.05) is 35.9 Å². The first-order valence-corrected chi connectivity index (χ1v) is 12.6. The average molecular weight is 518 g/mol. The van der Waals surface area contributed by atoms with Gasteiger partial charge in [-0.3, -0.25) is 14.4 Å². The lowest BCUT2D eigenvalue weighted by Gasteiger charge is -2.21. The molecule has 0 radical (unpaired) electrons. The molecule has 3 aromatic rings. The maximum Gasteiger partial charge on any atom is 0.254 e. The maximum atomic E-state index is 13.1. The SMILES string of the molecule is C[C@@H](NC(=O)c1ccc(CN2Cc3ccccc3C2=O)c(Oc2ccc(Cl)cc2)c1)C1CC(=O)N(C)C1. The zero-order valence-electron chi connectivity index (χ0n) is 20.7. The number of carbonyl (C=O) groups is 3. The summed E-state index contributed by atoms with van der Waals surface area (Å²) in [6.45, 7) is 3.40. The number of carbonyl (C=O) groups excluding carboxylic acids is 3. The molecule has 0 saturated carbocycles. The van der Waals surface area contributed by atoms with Crippen LogP contribution in [0.2, 0.25) is 5.02 Å². The Morgan fingerprint density at radius 3 is 2.57 bits per heavy atom. The number of likely N-dealkylation sites (tertiary alicyclic amines) is 1. The minimum absolute atomic E-state index is 0.0280. The van der Waals surface area contributed by atoms with Crippen molar-refractivity contribution in [2.75, 3.05) is 13.6 Å². The van der Waals surface area contributed by atoms with Gasteiger partial charge in [-0.05, 0) is 55.0 Å². The Bertz CT molecular complexity index is 1360. The van der Waals surface area contributed by atoms with E-state index >= 15 is 0 Å². The fraction of sp³-hybridized carbons (Fsp3) is 0.276. The Kier molecular flexibility index (Phi) is 6.89. The molecular weight excluding hydrogens is 490 g/mol. The molecular formula is C29H28ClN3O4. The van der Waals surface area contributed by atoms with E-state index in [9.17, 15) is 14.4 Å². The zero-order chi connectivity index (χ0) is 26.1. The van der Waals surface area contributed by atoms with E-state index in [-0.39, 0.29) is 29.7 Å². The van der Waals surface area contributed by atoms with Crippen LogP contribution in [-0.2, 0) is 17.9 Å². The molecule has 2 aliphatic rings. The monoisotopic (exact) mass is 517 g/mol. The van der Waals surface area contributed by atoms with Gasteiger partial charge >= 0.3 is 0 Å². The van der Waals surface area contributed by atoms with Crippen LogP contribution < -0.4 is 10.1 Å². The van der Waals surface area contributed by atoms with E-state index in [4.69, 9.17) is 16.3 Å². The number of nitrogens with zero attached hydrogens (tertiary/aromatic N) is 2. The molecule has 3 aromatic carbocycles. The van der Waals surface area contributed by atoms with Crippen molar-refractivity contribution in [2.45, 2.75) is 32.5 Å². The third-order valence-corrected chi connectivity index (χ3v) is 7.32. The second kappa shape index (κ2) is 10.3. The van der Waals surface area contributed by atoms with Crippen molar-refractivity contribution in [3.63, 3.8) is 0 Å². The maximum absolute atomic E-state index is 13.1. The fourth-order valence-electron chi connectivity index (χ4n) is 4.84. The predicted octanol–water partition coefficient (Wildman–Crippen LogP) is 4.88. The summed E-state index contributed by atoms with van der Waals surface area (Å²) < 4.78 is 6.18. The standard InChI is InChI=1S/C29H28ClN3O4/c1-18(22-14-27(34)32(2)15-22)31-28(35)19-7-8-21(26(13-19)37-24-11-9-23(30)10-12-24)17-33-16-20-5-3-4-6-25(20)29(33)36/h3-13,18,22H,14-17H2,1-2H3,(H,31,35)/t18-,22?/m1/s1. The number of rotatable bonds is 7. The number of fused-ring (bicyclic) bond motifs is 1. The van der Waals surface area contributed by atoms with Crippen molar-refractivity contribution in [1.82, 2.24) is 15.1 Å². The van der Waals surface area contributed by atoms with Gasteiger partial charge in [0.2, 0.25) is 5.91 Å². The van der Waals surface area contributed by atoms with Gasteiger partial charge < -0.3 is 19.9 Å². The Hall–Kier alpha value is -3.84. The van der Waals surface area contributed by atoms with Crippen LogP contribution in [0.1, 0.15) is 45.2 Å². The summed E-state index contributed by atoms with van der Waals surface area (Å²) in [5.41, 5.74) is 2.93. The third kappa shape index (κ3) is 5.32. The molecule has 0 bridgehead atoms. The molecule has 2 atom stereocenters. The van der Waals surface area contributed by atoms with Crippen LogP contribution in [0.15, 0.2) is 66.7 Å². The number of benzene rings is 3. The minimum atomic E-state index is -0.244. The molecule has 8 heteroatoms. The van der Waals surface area contributed by atoms with Crippen LogP contribution in [-0.4, -0.2) is 47.2 Å². The summed E-state index contributed by atoms with van der Waals surface area (Å²) in [6, 6.07) is 19.7. The highest BCUT2D eigenvalue weighted by Gasteiger charge is 2.32. The van der Waals surface area contributed by atoms with Gasteiger partial charge in [0, 0.05) is 60.2 Å². The van der Waals surface area contributed by atoms with Crippen molar-refractivity contribution < 1.29 is 19.1 Å². The van der Waals surface area contributed by atoms with Gasteiger partial charge in [0.05, 0.1) is 6.54 Å². The third-order valence-electron chi connectivity index (χ3n) is 7.06. The minimum Gasteiger partial charge on any atom is -0.457 e. The van der Waals surface area contributed by atoms with Crippen molar-refractivity contribution in [2.24, 2.45) is 5.92 Å². The zero-order valence-corrected chi connectivity index (χ0v) is 21.5. The lowest BCUT2D eigenvalue weighted by Crippen LogP contribution is -2.39. The van der Waals surface area contributed by atoms with Crippen LogP contribution in [0, 0.1) is 5.92 Å². The molecule has 37 heavy (non-hydrogen) atoms. The molecule has 3 amide bonds. The van der Waals surface area contributed by atoms with Crippen molar-refractivity contribution in [3.05, 3.63) is 94.0 Å². The number of nitrogens with one attached hydrogen (secondary N) is 1. The topological polar surface area (TPSA) is 79.0 Å². The number of hydrogen-bond donors (Lipinski definition) is 1. The normalized spacial score (nSPS) is 17.6. The second-order valence-electron chi connectivity index (χ2n) is 9.70. The van der Waals surface area contributed by atoms with Crippen LogP contribution in [0.3, 0.4) is 0 Å². The summed E-state index contributed by atoms with van der Waals surface area (Å²) in [5.74, 6) is 0.940. The molecule has 0 aliphatic carbocycles. The highest BCUT2D eigenvalue weighted by molar-refractivity contribution is 6.30. The number of ether oxygens (including phenoxy) is 1. The Morgan fingerprint density at radius 2 is 1.86 bits per heavy atom. The summed E-state index contributed by atoms with van der Waals surface area (Å²) in [4.78, 5) is 41.5. The van der Waals surface area contributed by atoms with E-state index in [1.807, 2.05) is 37.3 Å². The number of halogens is 1. The molecule has 1 N–H and O–H groups in total. The van der Waals surface area contributed by atoms with Gasteiger partial charge in [0.25, 0.3) is 11.8 Å². The van der Waals surface area contributed by atoms with Crippen molar-refractivity contribution in [1.29, 1.82) is 0 Å². The molecule has 1 saturated heterocycles. The number of hydrogen-bond acceptors (Lipinski definition) is 4. The summed E-state index contributed by atoms with van der Waals surface area (Å²) in [6.07, 6.45) is 0.425. The van der Waals surface area contributed by atoms with Crippen LogP contribution in [0.4, 0.5) is 0 Å². The first-order valence-electron chi connectivity index (χ1n) is 12.3. The van der Waals surface area contributed by atoms with E-state index in [1.54, 1.807) is 53.2 Å². The van der Waals surface area contributed by atoms with Crippen molar-refractivity contribution in [3.8, 4) is 11.5 Å². The molecule has 7 nitrogen and oxygen atoms in total. The van der Waals surface area contributed by atoms with Gasteiger partial charge in [-0.2, -0.15) is 0 Å². The lowest BCUT2D eigenvalue weighted by atomic mass is 9.99. The summed E-state index contributed by atoms with van der Waals surface area (Å²) in [5, 5.41) is 3.62. The van der Waals surface area contributed by atoms with Gasteiger partial charge in [-0.25, -0.2) is 0 Å². The van der Waals surface area contributed by atoms with Crippen LogP contribution >= 0.6 is 11.6 Å². The lowest BCUT2D eigenvalue weighted by molar-refractivity contribution is -0.126. The van der Waals surface area contributed by atoms with E-state index in [2.05, 4.69) is 5.32 Å². The highest BCUT2D eigenvalue weighted by atomic mass is 35.5. The quantitative estimate of drug-likeness (QED) is 0.484. The Morgan fingerprint density at radius 1 is 1.11 bits per heavy atom. The summed E-state index contributed by atoms with van der Waals surface area (Å²) in [7, 11) is 1.78. The molecule has 2 heterocycles. The Balaban J connectivity index is 1.38. The van der Waals surface area contributed by atoms with E-state index in [0.717, 1.165) is 11.1 Å². The van der Waals surface area contributed by atoms with E-state index in [0.29, 0.717) is 53.7 Å². The molecule has 0 aromatic heterocycles. The van der Waals surface area contributed by atoms with Crippen LogP contribution in [0.25, 0.3) is 0 Å². The fourth-order valence-corrected chi connectivity index (χ4v) is 4.97. The van der Waals surface area contributed by atoms with Gasteiger partial charge in [0.15, 0.2) is 0 Å². The van der Waals surface area contributed by atoms with E-state index < -0.39 is 0 Å². The predicted molar refractivity (Wildman–Crippen MR) is 141 cm³/mol. The molecule has 0 spiro atoms. The molecule has 5 rings (SSSR count). The van der Waals surface area contributed by atoms with Crippen LogP contribution in [0.5, 0.6) is 11.5 Å². The largest absolute Gasteiger partial charge is 0.457 e. The molecule has 190 valence electrons. The smallest absolute Gasteiger partial charge is 0.254 e. The van der Waals surface area contributed by atoms with Gasteiger partial charge in [0.1, 0.15) is 11.5 Å². The van der Waals surface area contributed by atoms with E-state index in [1.165, 1.54) is 0 Å². The molecule has 2 aliphatic heterocycles. The summed E-state index contributed by atoms with van der Waals surface area (Å²) >= 11 is 6.03. The highest BCUT2D eigenvalue weighted by Crippen LogP contribution is 2.31. The molecule has 1 fully saturated rings. The van der Waals surface area contributed by atoms with Gasteiger partial charge in [-0.15, -0.1) is 0 Å². The number of amides is 3. The first kappa shape index (κ1) is 24.8. The van der Waals surface area contributed by atoms with Crippen molar-refractivity contribution >= 4 is 29.3 Å².